The number of nitrogens with two attached hydrogens (primary N) is 1. The lowest BCUT2D eigenvalue weighted by Gasteiger charge is -2.29. The Balaban J connectivity index is 1.89. The SMILES string of the molecule is CCCC1CCC(Nc2nc(N)ncc2Cl)CC1. The van der Waals surface area contributed by atoms with E-state index in [1.807, 2.05) is 0 Å². The molecule has 0 saturated heterocycles. The number of rotatable bonds is 4. The highest BCUT2D eigenvalue weighted by molar-refractivity contribution is 6.32. The average Bonchev–Trinajstić information content (AvgIpc) is 2.37. The molecule has 1 aliphatic rings. The van der Waals surface area contributed by atoms with Gasteiger partial charge >= 0.3 is 0 Å². The predicted molar refractivity (Wildman–Crippen MR) is 75.7 cm³/mol. The van der Waals surface area contributed by atoms with Crippen molar-refractivity contribution in [3.05, 3.63) is 11.2 Å². The van der Waals surface area contributed by atoms with Crippen LogP contribution in [-0.2, 0) is 0 Å². The summed E-state index contributed by atoms with van der Waals surface area (Å²) in [6.07, 6.45) is 9.16. The molecule has 0 radical (unpaired) electrons. The smallest absolute Gasteiger partial charge is 0.222 e. The molecule has 1 aliphatic carbocycles. The highest BCUT2D eigenvalue weighted by atomic mass is 35.5. The Hall–Kier alpha value is -1.03. The summed E-state index contributed by atoms with van der Waals surface area (Å²) in [6.45, 7) is 2.26. The van der Waals surface area contributed by atoms with Crippen molar-refractivity contribution in [1.29, 1.82) is 0 Å². The van der Waals surface area contributed by atoms with Gasteiger partial charge in [-0.2, -0.15) is 4.98 Å². The summed E-state index contributed by atoms with van der Waals surface area (Å²) >= 11 is 6.05. The first-order valence-electron chi connectivity index (χ1n) is 6.73. The molecule has 5 heteroatoms. The molecule has 4 nitrogen and oxygen atoms in total. The van der Waals surface area contributed by atoms with E-state index in [9.17, 15) is 0 Å². The topological polar surface area (TPSA) is 63.8 Å². The minimum Gasteiger partial charge on any atom is -0.368 e. The van der Waals surface area contributed by atoms with Crippen LogP contribution in [0.25, 0.3) is 0 Å². The first-order valence-corrected chi connectivity index (χ1v) is 7.11. The monoisotopic (exact) mass is 268 g/mol. The summed E-state index contributed by atoms with van der Waals surface area (Å²) in [7, 11) is 0. The summed E-state index contributed by atoms with van der Waals surface area (Å²) in [5.74, 6) is 1.84. The number of nitrogen functional groups attached to an aromatic ring is 1. The molecule has 1 fully saturated rings. The van der Waals surface area contributed by atoms with Crippen LogP contribution in [0, 0.1) is 5.92 Å². The van der Waals surface area contributed by atoms with Crippen molar-refractivity contribution >= 4 is 23.4 Å². The molecule has 1 aromatic heterocycles. The van der Waals surface area contributed by atoms with Crippen molar-refractivity contribution in [3.63, 3.8) is 0 Å². The van der Waals surface area contributed by atoms with Gasteiger partial charge in [0.25, 0.3) is 0 Å². The first-order chi connectivity index (χ1) is 8.69. The Labute approximate surface area is 113 Å². The fourth-order valence-electron chi connectivity index (χ4n) is 2.68. The molecule has 1 heterocycles. The number of hydrogen-bond donors (Lipinski definition) is 2. The molecular formula is C13H21ClN4. The van der Waals surface area contributed by atoms with E-state index in [4.69, 9.17) is 17.3 Å². The summed E-state index contributed by atoms with van der Waals surface area (Å²) < 4.78 is 0. The molecule has 0 unspecified atom stereocenters. The third kappa shape index (κ3) is 3.48. The average molecular weight is 269 g/mol. The minimum absolute atomic E-state index is 0.265. The van der Waals surface area contributed by atoms with E-state index < -0.39 is 0 Å². The fraction of sp³-hybridized carbons (Fsp3) is 0.692. The van der Waals surface area contributed by atoms with Crippen molar-refractivity contribution < 1.29 is 0 Å². The van der Waals surface area contributed by atoms with Crippen LogP contribution < -0.4 is 11.1 Å². The van der Waals surface area contributed by atoms with E-state index in [1.165, 1.54) is 38.5 Å². The molecule has 0 bridgehead atoms. The van der Waals surface area contributed by atoms with Crippen LogP contribution in [0.1, 0.15) is 45.4 Å². The molecular weight excluding hydrogens is 248 g/mol. The number of halogens is 1. The van der Waals surface area contributed by atoms with E-state index in [0.717, 1.165) is 5.92 Å². The number of nitrogens with zero attached hydrogens (tertiary/aromatic N) is 2. The van der Waals surface area contributed by atoms with Gasteiger partial charge in [0.2, 0.25) is 5.95 Å². The molecule has 0 spiro atoms. The van der Waals surface area contributed by atoms with Crippen molar-refractivity contribution in [2.45, 2.75) is 51.5 Å². The second kappa shape index (κ2) is 6.23. The van der Waals surface area contributed by atoms with Gasteiger partial charge in [-0.05, 0) is 31.6 Å². The second-order valence-electron chi connectivity index (χ2n) is 5.08. The van der Waals surface area contributed by atoms with Crippen molar-refractivity contribution in [2.75, 3.05) is 11.1 Å². The summed E-state index contributed by atoms with van der Waals surface area (Å²) in [6, 6.07) is 0.463. The van der Waals surface area contributed by atoms with E-state index in [0.29, 0.717) is 16.9 Å². The molecule has 3 N–H and O–H groups in total. The van der Waals surface area contributed by atoms with Crippen LogP contribution in [0.3, 0.4) is 0 Å². The molecule has 0 aromatic carbocycles. The zero-order chi connectivity index (χ0) is 13.0. The van der Waals surface area contributed by atoms with E-state index in [1.54, 1.807) is 6.20 Å². The first kappa shape index (κ1) is 13.4. The summed E-state index contributed by atoms with van der Waals surface area (Å²) in [5, 5.41) is 3.93. The summed E-state index contributed by atoms with van der Waals surface area (Å²) in [5.41, 5.74) is 5.57. The van der Waals surface area contributed by atoms with Gasteiger partial charge in [0.15, 0.2) is 5.82 Å². The van der Waals surface area contributed by atoms with Gasteiger partial charge in [-0.1, -0.05) is 31.4 Å². The van der Waals surface area contributed by atoms with E-state index in [-0.39, 0.29) is 5.95 Å². The highest BCUT2D eigenvalue weighted by Crippen LogP contribution is 2.30. The maximum Gasteiger partial charge on any atom is 0.222 e. The quantitative estimate of drug-likeness (QED) is 0.877. The molecule has 0 amide bonds. The van der Waals surface area contributed by atoms with Crippen LogP contribution in [-0.4, -0.2) is 16.0 Å². The molecule has 0 atom stereocenters. The Bertz CT molecular complexity index is 389. The third-order valence-electron chi connectivity index (χ3n) is 3.65. The number of aromatic nitrogens is 2. The zero-order valence-corrected chi connectivity index (χ0v) is 11.6. The summed E-state index contributed by atoms with van der Waals surface area (Å²) in [4.78, 5) is 8.01. The zero-order valence-electron chi connectivity index (χ0n) is 10.8. The van der Waals surface area contributed by atoms with Crippen molar-refractivity contribution in [1.82, 2.24) is 9.97 Å². The Morgan fingerprint density at radius 3 is 2.78 bits per heavy atom. The lowest BCUT2D eigenvalue weighted by molar-refractivity contribution is 0.318. The minimum atomic E-state index is 0.265. The van der Waals surface area contributed by atoms with E-state index >= 15 is 0 Å². The van der Waals surface area contributed by atoms with Gasteiger partial charge in [-0.3, -0.25) is 0 Å². The van der Waals surface area contributed by atoms with Gasteiger partial charge in [0, 0.05) is 6.04 Å². The lowest BCUT2D eigenvalue weighted by atomic mass is 9.83. The van der Waals surface area contributed by atoms with Crippen LogP contribution in [0.2, 0.25) is 5.02 Å². The normalized spacial score (nSPS) is 23.9. The molecule has 0 aliphatic heterocycles. The number of anilines is 2. The number of hydrogen-bond acceptors (Lipinski definition) is 4. The Morgan fingerprint density at radius 1 is 1.39 bits per heavy atom. The molecule has 1 aromatic rings. The molecule has 1 saturated carbocycles. The highest BCUT2D eigenvalue weighted by Gasteiger charge is 2.21. The van der Waals surface area contributed by atoms with Gasteiger partial charge in [0.1, 0.15) is 5.02 Å². The van der Waals surface area contributed by atoms with Gasteiger partial charge < -0.3 is 11.1 Å². The fourth-order valence-corrected chi connectivity index (χ4v) is 2.82. The van der Waals surface area contributed by atoms with Gasteiger partial charge in [0.05, 0.1) is 6.20 Å². The molecule has 18 heavy (non-hydrogen) atoms. The van der Waals surface area contributed by atoms with Crippen LogP contribution in [0.5, 0.6) is 0 Å². The van der Waals surface area contributed by atoms with Crippen LogP contribution >= 0.6 is 11.6 Å². The standard InChI is InChI=1S/C13H21ClN4/c1-2-3-9-4-6-10(7-5-9)17-12-11(14)8-16-13(15)18-12/h8-10H,2-7H2,1H3,(H3,15,16,17,18). The number of nitrogens with one attached hydrogen (secondary N) is 1. The molecule has 2 rings (SSSR count). The molecule has 100 valence electrons. The largest absolute Gasteiger partial charge is 0.368 e. The van der Waals surface area contributed by atoms with Crippen molar-refractivity contribution in [2.24, 2.45) is 5.92 Å². The van der Waals surface area contributed by atoms with E-state index in [2.05, 4.69) is 22.2 Å². The third-order valence-corrected chi connectivity index (χ3v) is 3.92. The van der Waals surface area contributed by atoms with Gasteiger partial charge in [-0.15, -0.1) is 0 Å². The van der Waals surface area contributed by atoms with Crippen LogP contribution in [0.4, 0.5) is 11.8 Å². The maximum absolute atomic E-state index is 6.05. The lowest BCUT2D eigenvalue weighted by Crippen LogP contribution is -2.26. The van der Waals surface area contributed by atoms with Gasteiger partial charge in [-0.25, -0.2) is 4.98 Å². The maximum atomic E-state index is 6.05. The Morgan fingerprint density at radius 2 is 2.11 bits per heavy atom. The van der Waals surface area contributed by atoms with Crippen LogP contribution in [0.15, 0.2) is 6.20 Å². The Kier molecular flexibility index (Phi) is 4.64. The van der Waals surface area contributed by atoms with Crippen molar-refractivity contribution in [3.8, 4) is 0 Å². The second-order valence-corrected chi connectivity index (χ2v) is 5.48. The predicted octanol–water partition coefficient (Wildman–Crippen LogP) is 3.48.